The molecule has 4 rings (SSSR count). The van der Waals surface area contributed by atoms with Gasteiger partial charge in [0.2, 0.25) is 5.91 Å². The van der Waals surface area contributed by atoms with Crippen LogP contribution in [0.5, 0.6) is 0 Å². The number of para-hydroxylation sites is 1. The van der Waals surface area contributed by atoms with Crippen LogP contribution in [0.4, 0.5) is 24.7 Å². The van der Waals surface area contributed by atoms with Gasteiger partial charge < -0.3 is 10.6 Å². The van der Waals surface area contributed by atoms with Crippen molar-refractivity contribution in [3.8, 4) is 0 Å². The Morgan fingerprint density at radius 3 is 2.77 bits per heavy atom. The van der Waals surface area contributed by atoms with Crippen LogP contribution in [0.15, 0.2) is 36.4 Å². The van der Waals surface area contributed by atoms with E-state index in [1.54, 1.807) is 6.07 Å². The fraction of sp³-hybridized carbons (Fsp3) is 0.524. The van der Waals surface area contributed by atoms with Crippen LogP contribution in [0.1, 0.15) is 43.8 Å². The van der Waals surface area contributed by atoms with E-state index in [1.165, 1.54) is 0 Å². The highest BCUT2D eigenvalue weighted by Gasteiger charge is 2.46. The second kappa shape index (κ2) is 8.29. The molecule has 1 aromatic heterocycles. The van der Waals surface area contributed by atoms with Crippen molar-refractivity contribution < 1.29 is 18.0 Å². The molecule has 3 atom stereocenters. The lowest BCUT2D eigenvalue weighted by Crippen LogP contribution is -2.38. The van der Waals surface area contributed by atoms with Gasteiger partial charge in [-0.2, -0.15) is 18.3 Å². The Bertz CT molecular complexity index is 883. The van der Waals surface area contributed by atoms with Gasteiger partial charge >= 0.3 is 6.18 Å². The highest BCUT2D eigenvalue weighted by molar-refractivity contribution is 5.92. The molecule has 0 saturated carbocycles. The van der Waals surface area contributed by atoms with Crippen molar-refractivity contribution in [2.45, 2.75) is 50.4 Å². The Hall–Kier alpha value is -2.55. The van der Waals surface area contributed by atoms with Crippen molar-refractivity contribution in [2.75, 3.05) is 30.3 Å². The Kier molecular flexibility index (Phi) is 5.73. The van der Waals surface area contributed by atoms with Crippen LogP contribution >= 0.6 is 0 Å². The van der Waals surface area contributed by atoms with E-state index in [0.717, 1.165) is 16.8 Å². The van der Waals surface area contributed by atoms with Gasteiger partial charge in [-0.05, 0) is 37.9 Å². The van der Waals surface area contributed by atoms with E-state index in [2.05, 4.69) is 15.7 Å². The fourth-order valence-electron chi connectivity index (χ4n) is 4.28. The zero-order valence-corrected chi connectivity index (χ0v) is 16.8. The molecular formula is C21H26F3N5O. The molecule has 1 fully saturated rings. The van der Waals surface area contributed by atoms with E-state index in [9.17, 15) is 18.0 Å². The van der Waals surface area contributed by atoms with E-state index in [1.807, 2.05) is 42.2 Å². The second-order valence-electron chi connectivity index (χ2n) is 8.08. The van der Waals surface area contributed by atoms with Crippen LogP contribution in [0.25, 0.3) is 0 Å². The van der Waals surface area contributed by atoms with Gasteiger partial charge in [-0.1, -0.05) is 25.1 Å². The van der Waals surface area contributed by atoms with E-state index in [0.29, 0.717) is 31.0 Å². The summed E-state index contributed by atoms with van der Waals surface area (Å²) in [5.74, 6) is 0.352. The topological polar surface area (TPSA) is 62.2 Å². The van der Waals surface area contributed by atoms with E-state index >= 15 is 0 Å². The molecule has 0 unspecified atom stereocenters. The largest absolute Gasteiger partial charge is 0.410 e. The van der Waals surface area contributed by atoms with Gasteiger partial charge in [0.1, 0.15) is 5.82 Å². The highest BCUT2D eigenvalue weighted by Crippen LogP contribution is 2.41. The van der Waals surface area contributed by atoms with Gasteiger partial charge in [0.05, 0.1) is 12.2 Å². The maximum Gasteiger partial charge on any atom is 0.410 e. The summed E-state index contributed by atoms with van der Waals surface area (Å²) in [5.41, 5.74) is 1.41. The molecule has 162 valence electrons. The summed E-state index contributed by atoms with van der Waals surface area (Å²) in [7, 11) is 0. The number of anilines is 2. The number of nitrogens with zero attached hydrogens (tertiary/aromatic N) is 3. The minimum atomic E-state index is -4.33. The van der Waals surface area contributed by atoms with Crippen LogP contribution in [0.3, 0.4) is 0 Å². The first-order valence-corrected chi connectivity index (χ1v) is 10.3. The molecule has 0 spiro atoms. The van der Waals surface area contributed by atoms with Crippen molar-refractivity contribution in [3.63, 3.8) is 0 Å². The minimum Gasteiger partial charge on any atom is -0.367 e. The molecule has 1 saturated heterocycles. The Morgan fingerprint density at radius 2 is 2.07 bits per heavy atom. The van der Waals surface area contributed by atoms with Crippen LogP contribution in [-0.4, -0.2) is 52.4 Å². The van der Waals surface area contributed by atoms with Crippen LogP contribution < -0.4 is 10.6 Å². The van der Waals surface area contributed by atoms with Crippen LogP contribution in [0, 0.1) is 0 Å². The second-order valence-corrected chi connectivity index (χ2v) is 8.08. The summed E-state index contributed by atoms with van der Waals surface area (Å²) in [4.78, 5) is 14.3. The summed E-state index contributed by atoms with van der Waals surface area (Å²) >= 11 is 0. The molecule has 2 aliphatic heterocycles. The number of rotatable bonds is 5. The van der Waals surface area contributed by atoms with Crippen molar-refractivity contribution in [2.24, 2.45) is 0 Å². The number of benzene rings is 1. The number of halogens is 3. The molecule has 1 amide bonds. The molecule has 2 aromatic rings. The summed E-state index contributed by atoms with van der Waals surface area (Å²) in [6, 6.07) is 9.19. The number of aromatic nitrogens is 2. The summed E-state index contributed by atoms with van der Waals surface area (Å²) in [6.07, 6.45) is -2.95. The number of hydrogen-bond donors (Lipinski definition) is 2. The third-order valence-electron chi connectivity index (χ3n) is 5.90. The molecule has 0 radical (unpaired) electrons. The summed E-state index contributed by atoms with van der Waals surface area (Å²) in [5, 5.41) is 10.4. The van der Waals surface area contributed by atoms with Gasteiger partial charge in [0.15, 0.2) is 6.04 Å². The standard InChI is InChI=1S/C21H26F3N5O/c1-2-15-10-18(21(22,23)24)29-19(25-15)11-17(27-29)14-8-9-28(12-14)13-20(30)26-16-6-4-3-5-7-16/h3-7,11,14-15,18,25H,2,8-10,12-13H2,1H3,(H,26,30)/t14-,15+,18+/m0/s1. The molecule has 1 aromatic carbocycles. The Morgan fingerprint density at radius 1 is 1.30 bits per heavy atom. The van der Waals surface area contributed by atoms with E-state index in [-0.39, 0.29) is 30.8 Å². The molecule has 0 bridgehead atoms. The maximum absolute atomic E-state index is 13.6. The summed E-state index contributed by atoms with van der Waals surface area (Å²) in [6.45, 7) is 3.45. The number of carbonyl (C=O) groups is 1. The normalized spacial score (nSPS) is 24.3. The molecular weight excluding hydrogens is 395 g/mol. The van der Waals surface area contributed by atoms with Crippen LogP contribution in [-0.2, 0) is 4.79 Å². The number of fused-ring (bicyclic) bond motifs is 1. The molecule has 2 aliphatic rings. The van der Waals surface area contributed by atoms with Crippen molar-refractivity contribution in [1.29, 1.82) is 0 Å². The average Bonchev–Trinajstić information content (AvgIpc) is 3.33. The molecule has 30 heavy (non-hydrogen) atoms. The van der Waals surface area contributed by atoms with E-state index in [4.69, 9.17) is 0 Å². The van der Waals surface area contributed by atoms with Gasteiger partial charge in [0.25, 0.3) is 0 Å². The van der Waals surface area contributed by atoms with Crippen LogP contribution in [0.2, 0.25) is 0 Å². The van der Waals surface area contributed by atoms with Gasteiger partial charge in [-0.15, -0.1) is 0 Å². The molecule has 3 heterocycles. The number of alkyl halides is 3. The number of amides is 1. The zero-order valence-electron chi connectivity index (χ0n) is 16.8. The minimum absolute atomic E-state index is 0.00936. The third-order valence-corrected chi connectivity index (χ3v) is 5.90. The first kappa shape index (κ1) is 20.7. The molecule has 2 N–H and O–H groups in total. The monoisotopic (exact) mass is 421 g/mol. The molecule has 6 nitrogen and oxygen atoms in total. The SMILES string of the molecule is CC[C@@H]1C[C@H](C(F)(F)F)n2nc([C@H]3CCN(CC(=O)Nc4ccccc4)C3)cc2N1. The quantitative estimate of drug-likeness (QED) is 0.766. The van der Waals surface area contributed by atoms with Crippen molar-refractivity contribution in [3.05, 3.63) is 42.1 Å². The van der Waals surface area contributed by atoms with Gasteiger partial charge in [-0.25, -0.2) is 4.68 Å². The lowest BCUT2D eigenvalue weighted by Gasteiger charge is -2.32. The average molecular weight is 421 g/mol. The predicted molar refractivity (Wildman–Crippen MR) is 109 cm³/mol. The number of likely N-dealkylation sites (tertiary alicyclic amines) is 1. The number of nitrogens with one attached hydrogen (secondary N) is 2. The number of carbonyl (C=O) groups excluding carboxylic acids is 1. The number of hydrogen-bond acceptors (Lipinski definition) is 4. The lowest BCUT2D eigenvalue weighted by molar-refractivity contribution is -0.173. The Labute approximate surface area is 173 Å². The highest BCUT2D eigenvalue weighted by atomic mass is 19.4. The van der Waals surface area contributed by atoms with Gasteiger partial charge in [-0.3, -0.25) is 9.69 Å². The Balaban J connectivity index is 1.41. The van der Waals surface area contributed by atoms with Crippen molar-refractivity contribution in [1.82, 2.24) is 14.7 Å². The lowest BCUT2D eigenvalue weighted by atomic mass is 10.0. The summed E-state index contributed by atoms with van der Waals surface area (Å²) < 4.78 is 41.8. The van der Waals surface area contributed by atoms with Gasteiger partial charge in [0, 0.05) is 30.3 Å². The first-order chi connectivity index (χ1) is 14.3. The fourth-order valence-corrected chi connectivity index (χ4v) is 4.28. The zero-order chi connectivity index (χ0) is 21.3. The molecule has 9 heteroatoms. The van der Waals surface area contributed by atoms with Crippen molar-refractivity contribution >= 4 is 17.4 Å². The smallest absolute Gasteiger partial charge is 0.367 e. The molecule has 0 aliphatic carbocycles. The maximum atomic E-state index is 13.6. The van der Waals surface area contributed by atoms with E-state index < -0.39 is 12.2 Å². The third kappa shape index (κ3) is 4.45. The predicted octanol–water partition coefficient (Wildman–Crippen LogP) is 4.01. The first-order valence-electron chi connectivity index (χ1n) is 10.3.